The molecule has 3 aromatic rings. The van der Waals surface area contributed by atoms with E-state index in [1.165, 1.54) is 0 Å². The molecule has 0 saturated heterocycles. The van der Waals surface area contributed by atoms with E-state index in [1.54, 1.807) is 62.4 Å². The zero-order valence-electron chi connectivity index (χ0n) is 14.9. The van der Waals surface area contributed by atoms with Crippen LogP contribution in [-0.2, 0) is 11.2 Å². The lowest BCUT2D eigenvalue weighted by atomic mass is 10.1. The maximum atomic E-state index is 12.6. The molecular weight excluding hydrogens is 366 g/mol. The number of amides is 2. The van der Waals surface area contributed by atoms with Crippen molar-refractivity contribution in [3.8, 4) is 0 Å². The smallest absolute Gasteiger partial charge is 0.257 e. The van der Waals surface area contributed by atoms with Gasteiger partial charge >= 0.3 is 0 Å². The summed E-state index contributed by atoms with van der Waals surface area (Å²) in [6.07, 6.45) is 0.119. The maximum Gasteiger partial charge on any atom is 0.257 e. The maximum absolute atomic E-state index is 12.6. The summed E-state index contributed by atoms with van der Waals surface area (Å²) in [6.45, 7) is 3.54. The molecule has 2 N–H and O–H groups in total. The SMILES string of the molecule is Cc1noc(C)c1CC(=O)Nc1ccccc1C(=O)Nc1ccc(Cl)cc1. The Morgan fingerprint density at radius 3 is 2.41 bits per heavy atom. The molecule has 2 amide bonds. The van der Waals surface area contributed by atoms with Gasteiger partial charge in [0.05, 0.1) is 23.4 Å². The molecule has 2 aromatic carbocycles. The van der Waals surface area contributed by atoms with Gasteiger partial charge in [0.25, 0.3) is 5.91 Å². The third-order valence-electron chi connectivity index (χ3n) is 4.07. The molecule has 0 spiro atoms. The number of para-hydroxylation sites is 1. The van der Waals surface area contributed by atoms with Gasteiger partial charge in [-0.2, -0.15) is 0 Å². The summed E-state index contributed by atoms with van der Waals surface area (Å²) in [5.74, 6) is 0.0260. The van der Waals surface area contributed by atoms with Crippen molar-refractivity contribution in [2.45, 2.75) is 20.3 Å². The molecular formula is C20H18ClN3O3. The number of halogens is 1. The van der Waals surface area contributed by atoms with Gasteiger partial charge in [-0.25, -0.2) is 0 Å². The highest BCUT2D eigenvalue weighted by molar-refractivity contribution is 6.30. The average molecular weight is 384 g/mol. The van der Waals surface area contributed by atoms with Crippen LogP contribution >= 0.6 is 11.6 Å². The van der Waals surface area contributed by atoms with Crippen LogP contribution in [0.2, 0.25) is 5.02 Å². The summed E-state index contributed by atoms with van der Waals surface area (Å²) < 4.78 is 5.08. The van der Waals surface area contributed by atoms with E-state index < -0.39 is 0 Å². The molecule has 0 radical (unpaired) electrons. The Hall–Kier alpha value is -3.12. The molecule has 0 saturated carbocycles. The minimum Gasteiger partial charge on any atom is -0.361 e. The Labute approximate surface area is 161 Å². The van der Waals surface area contributed by atoms with E-state index in [4.69, 9.17) is 16.1 Å². The summed E-state index contributed by atoms with van der Waals surface area (Å²) in [6, 6.07) is 13.6. The first-order valence-corrected chi connectivity index (χ1v) is 8.69. The zero-order chi connectivity index (χ0) is 19.4. The summed E-state index contributed by atoms with van der Waals surface area (Å²) in [5.41, 5.74) is 2.83. The van der Waals surface area contributed by atoms with Gasteiger partial charge < -0.3 is 15.2 Å². The highest BCUT2D eigenvalue weighted by Gasteiger charge is 2.17. The van der Waals surface area contributed by atoms with Crippen molar-refractivity contribution in [2.75, 3.05) is 10.6 Å². The first-order chi connectivity index (χ1) is 12.9. The van der Waals surface area contributed by atoms with E-state index in [0.29, 0.717) is 33.4 Å². The van der Waals surface area contributed by atoms with E-state index in [2.05, 4.69) is 15.8 Å². The minimum atomic E-state index is -0.328. The summed E-state index contributed by atoms with van der Waals surface area (Å²) in [5, 5.41) is 10.0. The highest BCUT2D eigenvalue weighted by atomic mass is 35.5. The number of nitrogens with zero attached hydrogens (tertiary/aromatic N) is 1. The first kappa shape index (κ1) is 18.7. The van der Waals surface area contributed by atoms with E-state index in [0.717, 1.165) is 5.56 Å². The molecule has 1 aromatic heterocycles. The van der Waals surface area contributed by atoms with Crippen molar-refractivity contribution in [2.24, 2.45) is 0 Å². The third kappa shape index (κ3) is 4.54. The molecule has 3 rings (SSSR count). The Morgan fingerprint density at radius 2 is 1.74 bits per heavy atom. The molecule has 0 aliphatic carbocycles. The van der Waals surface area contributed by atoms with Gasteiger partial charge in [-0.05, 0) is 50.2 Å². The molecule has 138 valence electrons. The minimum absolute atomic E-state index is 0.119. The summed E-state index contributed by atoms with van der Waals surface area (Å²) >= 11 is 5.86. The lowest BCUT2D eigenvalue weighted by molar-refractivity contribution is -0.115. The van der Waals surface area contributed by atoms with E-state index >= 15 is 0 Å². The normalized spacial score (nSPS) is 10.5. The number of carbonyl (C=O) groups is 2. The lowest BCUT2D eigenvalue weighted by Gasteiger charge is -2.11. The van der Waals surface area contributed by atoms with Crippen LogP contribution in [0.5, 0.6) is 0 Å². The van der Waals surface area contributed by atoms with Crippen molar-refractivity contribution >= 4 is 34.8 Å². The Kier molecular flexibility index (Phi) is 5.57. The van der Waals surface area contributed by atoms with Gasteiger partial charge in [0.15, 0.2) is 0 Å². The van der Waals surface area contributed by atoms with Crippen LogP contribution in [0, 0.1) is 13.8 Å². The average Bonchev–Trinajstić information content (AvgIpc) is 2.96. The predicted molar refractivity (Wildman–Crippen MR) is 104 cm³/mol. The van der Waals surface area contributed by atoms with Crippen LogP contribution in [0.1, 0.15) is 27.4 Å². The molecule has 0 unspecified atom stereocenters. The van der Waals surface area contributed by atoms with Crippen molar-refractivity contribution in [1.82, 2.24) is 5.16 Å². The van der Waals surface area contributed by atoms with Gasteiger partial charge in [0.2, 0.25) is 5.91 Å². The Bertz CT molecular complexity index is 961. The van der Waals surface area contributed by atoms with Gasteiger partial charge in [0.1, 0.15) is 5.76 Å². The molecule has 0 atom stereocenters. The molecule has 0 aliphatic rings. The van der Waals surface area contributed by atoms with Crippen LogP contribution in [-0.4, -0.2) is 17.0 Å². The zero-order valence-corrected chi connectivity index (χ0v) is 15.6. The van der Waals surface area contributed by atoms with Gasteiger partial charge in [-0.1, -0.05) is 28.9 Å². The number of benzene rings is 2. The summed E-state index contributed by atoms with van der Waals surface area (Å²) in [4.78, 5) is 25.0. The van der Waals surface area contributed by atoms with Crippen LogP contribution < -0.4 is 10.6 Å². The number of aromatic nitrogens is 1. The molecule has 0 bridgehead atoms. The first-order valence-electron chi connectivity index (χ1n) is 8.31. The molecule has 0 fully saturated rings. The van der Waals surface area contributed by atoms with Crippen LogP contribution in [0.15, 0.2) is 53.1 Å². The Morgan fingerprint density at radius 1 is 1.04 bits per heavy atom. The monoisotopic (exact) mass is 383 g/mol. The molecule has 0 aliphatic heterocycles. The summed E-state index contributed by atoms with van der Waals surface area (Å²) in [7, 11) is 0. The van der Waals surface area contributed by atoms with Gasteiger partial charge in [-0.3, -0.25) is 9.59 Å². The van der Waals surface area contributed by atoms with Crippen molar-refractivity contribution < 1.29 is 14.1 Å². The number of aryl methyl sites for hydroxylation is 2. The fourth-order valence-electron chi connectivity index (χ4n) is 2.63. The van der Waals surface area contributed by atoms with Crippen molar-refractivity contribution in [1.29, 1.82) is 0 Å². The number of hydrogen-bond acceptors (Lipinski definition) is 4. The number of hydrogen-bond donors (Lipinski definition) is 2. The molecule has 1 heterocycles. The fourth-order valence-corrected chi connectivity index (χ4v) is 2.76. The van der Waals surface area contributed by atoms with E-state index in [1.807, 2.05) is 0 Å². The molecule has 27 heavy (non-hydrogen) atoms. The van der Waals surface area contributed by atoms with Crippen molar-refractivity contribution in [3.63, 3.8) is 0 Å². The number of anilines is 2. The van der Waals surface area contributed by atoms with Gasteiger partial charge in [0, 0.05) is 16.3 Å². The number of rotatable bonds is 5. The van der Waals surface area contributed by atoms with Gasteiger partial charge in [-0.15, -0.1) is 0 Å². The quantitative estimate of drug-likeness (QED) is 0.684. The second-order valence-electron chi connectivity index (χ2n) is 6.03. The molecule has 7 heteroatoms. The fraction of sp³-hybridized carbons (Fsp3) is 0.150. The Balaban J connectivity index is 1.74. The topological polar surface area (TPSA) is 84.2 Å². The number of nitrogens with one attached hydrogen (secondary N) is 2. The van der Waals surface area contributed by atoms with Crippen LogP contribution in [0.3, 0.4) is 0 Å². The van der Waals surface area contributed by atoms with E-state index in [9.17, 15) is 9.59 Å². The van der Waals surface area contributed by atoms with Crippen molar-refractivity contribution in [3.05, 3.63) is 76.1 Å². The predicted octanol–water partition coefficient (Wildman–Crippen LogP) is 4.38. The largest absolute Gasteiger partial charge is 0.361 e. The standard InChI is InChI=1S/C20H18ClN3O3/c1-12-17(13(2)27-24-12)11-19(25)23-18-6-4-3-5-16(18)20(26)22-15-9-7-14(21)8-10-15/h3-10H,11H2,1-2H3,(H,22,26)(H,23,25). The van der Waals surface area contributed by atoms with Crippen LogP contribution in [0.25, 0.3) is 0 Å². The second kappa shape index (κ2) is 8.05. The lowest BCUT2D eigenvalue weighted by Crippen LogP contribution is -2.19. The second-order valence-corrected chi connectivity index (χ2v) is 6.47. The van der Waals surface area contributed by atoms with E-state index in [-0.39, 0.29) is 18.2 Å². The highest BCUT2D eigenvalue weighted by Crippen LogP contribution is 2.20. The number of carbonyl (C=O) groups excluding carboxylic acids is 2. The molecule has 6 nitrogen and oxygen atoms in total. The third-order valence-corrected chi connectivity index (χ3v) is 4.32. The van der Waals surface area contributed by atoms with Crippen LogP contribution in [0.4, 0.5) is 11.4 Å².